The Morgan fingerprint density at radius 3 is 0.960 bits per heavy atom. The molecule has 5 heteroatoms. The van der Waals surface area contributed by atoms with Crippen LogP contribution in [0, 0.1) is 0 Å². The average molecular weight is 1620 g/mol. The van der Waals surface area contributed by atoms with Crippen molar-refractivity contribution >= 4 is 119 Å². The van der Waals surface area contributed by atoms with Gasteiger partial charge >= 0.3 is 0 Å². The summed E-state index contributed by atoms with van der Waals surface area (Å²) in [4.78, 5) is 0. The number of hydrogen-bond donors (Lipinski definition) is 0. The second-order valence-electron chi connectivity index (χ2n) is 36.9. The number of benzene rings is 18. The van der Waals surface area contributed by atoms with Gasteiger partial charge in [0, 0.05) is 102 Å². The number of rotatable bonds is 6. The van der Waals surface area contributed by atoms with Gasteiger partial charge < -0.3 is 18.1 Å². The van der Waals surface area contributed by atoms with Crippen LogP contribution in [0.4, 0.5) is 0 Å². The third-order valence-electron chi connectivity index (χ3n) is 28.8. The van der Waals surface area contributed by atoms with E-state index in [1.165, 1.54) is 225 Å². The molecule has 0 bridgehead atoms. The van der Waals surface area contributed by atoms with Crippen LogP contribution in [-0.4, -0.2) is 13.7 Å². The summed E-state index contributed by atoms with van der Waals surface area (Å²) in [5, 5.41) is 12.8. The number of thiophene rings is 1. The van der Waals surface area contributed by atoms with Crippen LogP contribution in [0.15, 0.2) is 387 Å². The molecular weight excluding hydrogens is 1530 g/mol. The summed E-state index contributed by atoms with van der Waals surface area (Å²) in [5.41, 5.74) is 42.4. The maximum Gasteiger partial charge on any atom is 0.135 e. The highest BCUT2D eigenvalue weighted by molar-refractivity contribution is 7.25. The normalized spacial score (nSPS) is 14.3. The van der Waals surface area contributed by atoms with Crippen LogP contribution < -0.4 is 0 Å². The van der Waals surface area contributed by atoms with E-state index in [2.05, 4.69) is 439 Å². The van der Waals surface area contributed by atoms with Crippen molar-refractivity contribution in [3.8, 4) is 95.0 Å². The summed E-state index contributed by atoms with van der Waals surface area (Å²) in [6.45, 7) is 19.0. The lowest BCUT2D eigenvalue weighted by molar-refractivity contribution is 0.660. The Bertz CT molecular complexity index is 8180. The fourth-order valence-corrected chi connectivity index (χ4v) is 23.9. The zero-order valence-corrected chi connectivity index (χ0v) is 71.8. The van der Waals surface area contributed by atoms with Gasteiger partial charge in [0.15, 0.2) is 0 Å². The number of para-hydroxylation sites is 4. The van der Waals surface area contributed by atoms with E-state index in [1.54, 1.807) is 0 Å². The summed E-state index contributed by atoms with van der Waals surface area (Å²) in [7, 11) is 0. The van der Waals surface area contributed by atoms with Gasteiger partial charge in [0.2, 0.25) is 0 Å². The Labute approximate surface area is 730 Å². The number of furan rings is 1. The summed E-state index contributed by atoms with van der Waals surface area (Å²) < 4.78 is 16.2. The first-order valence-corrected chi connectivity index (χ1v) is 44.8. The molecule has 27 rings (SSSR count). The summed E-state index contributed by atoms with van der Waals surface area (Å²) in [6.07, 6.45) is 0. The largest absolute Gasteiger partial charge is 0.456 e. The molecule has 0 unspecified atom stereocenters. The molecular formula is C120H87N3OS. The van der Waals surface area contributed by atoms with Gasteiger partial charge in [-0.15, -0.1) is 11.3 Å². The van der Waals surface area contributed by atoms with E-state index in [-0.39, 0.29) is 21.7 Å². The van der Waals surface area contributed by atoms with E-state index in [4.69, 9.17) is 4.42 Å². The molecule has 0 fully saturated rings. The number of hydrogen-bond acceptors (Lipinski definition) is 2. The van der Waals surface area contributed by atoms with Gasteiger partial charge in [0.1, 0.15) is 11.2 Å². The van der Waals surface area contributed by atoms with Crippen LogP contribution in [0.1, 0.15) is 99.9 Å². The number of nitrogens with zero attached hydrogens (tertiary/aromatic N) is 3. The molecule has 0 saturated carbocycles. The summed E-state index contributed by atoms with van der Waals surface area (Å²) in [6, 6.07) is 141. The van der Waals surface area contributed by atoms with Crippen LogP contribution in [0.25, 0.3) is 202 Å². The molecule has 0 amide bonds. The second-order valence-corrected chi connectivity index (χ2v) is 38.0. The Balaban J connectivity index is 0.000000103. The highest BCUT2D eigenvalue weighted by atomic mass is 32.1. The van der Waals surface area contributed by atoms with Gasteiger partial charge in [-0.25, -0.2) is 0 Å². The molecule has 0 radical (unpaired) electrons. The molecule has 125 heavy (non-hydrogen) atoms. The van der Waals surface area contributed by atoms with Crippen molar-refractivity contribution in [2.75, 3.05) is 0 Å². The molecule has 594 valence electrons. The van der Waals surface area contributed by atoms with Gasteiger partial charge in [-0.1, -0.05) is 341 Å². The maximum atomic E-state index is 6.07. The monoisotopic (exact) mass is 1620 g/mol. The van der Waals surface area contributed by atoms with E-state index in [0.29, 0.717) is 0 Å². The lowest BCUT2D eigenvalue weighted by atomic mass is 9.81. The first-order chi connectivity index (χ1) is 61.0. The lowest BCUT2D eigenvalue weighted by Gasteiger charge is -2.23. The standard InChI is InChI=1S/C42H33N.C39H27NO.C39H27NS/c1-41(2)35-14-8-6-12-30(35)34-25-27(19-24-37(34)41)26-17-20-28(21-18-26)43-38-16-10-7-13-31(38)33-23-22-32-29-11-5-9-15-36(29)42(3,4)39(32)40(33)43;2*1-39(2)33-12-6-3-9-27(33)30-20-21-31-28-10-4-7-13-34(28)40(38(31)37(30)39)26-18-15-24(16-19-26)25-17-22-36-32(23-25)29-11-5-8-14-35(29)41-36/h5-25H,1-4H3;2*3-23H,1-2H3. The molecule has 23 aromatic rings. The van der Waals surface area contributed by atoms with Crippen molar-refractivity contribution in [2.24, 2.45) is 0 Å². The molecule has 4 nitrogen and oxygen atoms in total. The smallest absolute Gasteiger partial charge is 0.135 e. The minimum atomic E-state index is -0.0969. The first-order valence-electron chi connectivity index (χ1n) is 43.9. The fourth-order valence-electron chi connectivity index (χ4n) is 22.9. The molecule has 0 N–H and O–H groups in total. The van der Waals surface area contributed by atoms with E-state index in [9.17, 15) is 0 Å². The third-order valence-corrected chi connectivity index (χ3v) is 29.9. The molecule has 0 saturated heterocycles. The molecule has 4 aliphatic carbocycles. The van der Waals surface area contributed by atoms with Gasteiger partial charge in [0.05, 0.1) is 33.1 Å². The number of fused-ring (bicyclic) bond motifs is 30. The van der Waals surface area contributed by atoms with Crippen molar-refractivity contribution in [3.63, 3.8) is 0 Å². The van der Waals surface area contributed by atoms with Crippen LogP contribution in [0.3, 0.4) is 0 Å². The molecule has 0 atom stereocenters. The van der Waals surface area contributed by atoms with Gasteiger partial charge in [-0.2, -0.15) is 0 Å². The number of aromatic nitrogens is 3. The molecule has 0 aliphatic heterocycles. The van der Waals surface area contributed by atoms with Crippen molar-refractivity contribution in [1.29, 1.82) is 0 Å². The zero-order chi connectivity index (χ0) is 83.7. The van der Waals surface area contributed by atoms with E-state index in [0.717, 1.165) is 21.9 Å². The SMILES string of the molecule is CC1(C)c2ccccc2-c2cc(-c3ccc(-n4c5ccccc5c5ccc6c(c54)C(C)(C)c4ccccc4-6)cc3)ccc21.CC1(C)c2ccccc2-c2ccc3c4ccccc4n(-c4ccc(-c5ccc6oc7ccccc7c6c5)cc4)c3c21.CC1(C)c2ccccc2-c2ccc3c4ccccc4n(-c4ccc(-c5ccc6sc7ccccc7c6c5)cc4)c3c21. The Morgan fingerprint density at radius 1 is 0.200 bits per heavy atom. The first kappa shape index (κ1) is 73.1. The van der Waals surface area contributed by atoms with Crippen LogP contribution in [-0.2, 0) is 21.7 Å². The zero-order valence-electron chi connectivity index (χ0n) is 71.0. The van der Waals surface area contributed by atoms with E-state index < -0.39 is 0 Å². The predicted octanol–water partition coefficient (Wildman–Crippen LogP) is 32.8. The lowest BCUT2D eigenvalue weighted by Crippen LogP contribution is -2.16. The predicted molar refractivity (Wildman–Crippen MR) is 529 cm³/mol. The highest BCUT2D eigenvalue weighted by Gasteiger charge is 2.43. The molecule has 18 aromatic carbocycles. The summed E-state index contributed by atoms with van der Waals surface area (Å²) in [5.74, 6) is 0. The average Bonchev–Trinajstić information content (AvgIpc) is 1.54. The van der Waals surface area contributed by atoms with Crippen molar-refractivity contribution < 1.29 is 4.42 Å². The maximum absolute atomic E-state index is 6.07. The highest BCUT2D eigenvalue weighted by Crippen LogP contribution is 2.58. The minimum Gasteiger partial charge on any atom is -0.456 e. The van der Waals surface area contributed by atoms with E-state index in [1.807, 2.05) is 23.5 Å². The van der Waals surface area contributed by atoms with Crippen molar-refractivity contribution in [3.05, 3.63) is 427 Å². The second kappa shape index (κ2) is 26.9. The van der Waals surface area contributed by atoms with Crippen molar-refractivity contribution in [1.82, 2.24) is 13.7 Å². The Hall–Kier alpha value is -14.6. The summed E-state index contributed by atoms with van der Waals surface area (Å²) >= 11 is 1.87. The fraction of sp³-hybridized carbons (Fsp3) is 0.100. The van der Waals surface area contributed by atoms with Crippen molar-refractivity contribution in [2.45, 2.75) is 77.0 Å². The van der Waals surface area contributed by atoms with E-state index >= 15 is 0 Å². The van der Waals surface area contributed by atoms with Crippen LogP contribution in [0.5, 0.6) is 0 Å². The third kappa shape index (κ3) is 10.6. The Morgan fingerprint density at radius 2 is 0.512 bits per heavy atom. The minimum absolute atomic E-state index is 0.0263. The molecule has 4 aliphatic rings. The van der Waals surface area contributed by atoms with Crippen LogP contribution in [0.2, 0.25) is 0 Å². The molecule has 5 heterocycles. The Kier molecular flexibility index (Phi) is 15.8. The van der Waals surface area contributed by atoms with Gasteiger partial charge in [-0.05, 0) is 219 Å². The van der Waals surface area contributed by atoms with Gasteiger partial charge in [0.25, 0.3) is 0 Å². The molecule has 5 aromatic heterocycles. The molecule has 0 spiro atoms. The van der Waals surface area contributed by atoms with Gasteiger partial charge in [-0.3, -0.25) is 0 Å². The van der Waals surface area contributed by atoms with Crippen LogP contribution >= 0.6 is 11.3 Å². The topological polar surface area (TPSA) is 27.9 Å². The quantitative estimate of drug-likeness (QED) is 0.163.